The number of aryl methyl sites for hydroxylation is 2. The molecule has 7 heteroatoms. The van der Waals surface area contributed by atoms with E-state index in [0.29, 0.717) is 24.2 Å². The van der Waals surface area contributed by atoms with Crippen molar-refractivity contribution in [2.75, 3.05) is 7.05 Å². The first-order valence-corrected chi connectivity index (χ1v) is 7.03. The number of halogens is 1. The fraction of sp³-hybridized carbons (Fsp3) is 0.400. The molecule has 1 aromatic heterocycles. The summed E-state index contributed by atoms with van der Waals surface area (Å²) in [4.78, 5) is 8.32. The molecule has 1 heterocycles. The summed E-state index contributed by atoms with van der Waals surface area (Å²) in [5, 5.41) is 10.2. The fourth-order valence-electron chi connectivity index (χ4n) is 2.05. The lowest BCUT2D eigenvalue weighted by Gasteiger charge is -2.12. The van der Waals surface area contributed by atoms with Crippen LogP contribution in [-0.2, 0) is 19.5 Å². The number of nitrogens with one attached hydrogen (secondary N) is 2. The maximum absolute atomic E-state index is 5.05. The third-order valence-corrected chi connectivity index (χ3v) is 3.15. The van der Waals surface area contributed by atoms with Crippen molar-refractivity contribution in [1.29, 1.82) is 0 Å². The van der Waals surface area contributed by atoms with Crippen molar-refractivity contribution in [2.24, 2.45) is 4.99 Å². The van der Waals surface area contributed by atoms with Crippen molar-refractivity contribution >= 4 is 29.9 Å². The first-order valence-electron chi connectivity index (χ1n) is 7.03. The molecule has 0 saturated carbocycles. The summed E-state index contributed by atoms with van der Waals surface area (Å²) in [6, 6.07) is 8.38. The van der Waals surface area contributed by atoms with Gasteiger partial charge in [-0.2, -0.15) is 4.98 Å². The van der Waals surface area contributed by atoms with Gasteiger partial charge < -0.3 is 15.2 Å². The van der Waals surface area contributed by atoms with E-state index in [9.17, 15) is 0 Å². The topological polar surface area (TPSA) is 75.3 Å². The Morgan fingerprint density at radius 1 is 1.18 bits per heavy atom. The predicted molar refractivity (Wildman–Crippen MR) is 97.3 cm³/mol. The smallest absolute Gasteiger partial charge is 0.246 e. The summed E-state index contributed by atoms with van der Waals surface area (Å²) >= 11 is 0. The van der Waals surface area contributed by atoms with Crippen molar-refractivity contribution in [2.45, 2.75) is 33.4 Å². The Labute approximate surface area is 147 Å². The highest BCUT2D eigenvalue weighted by molar-refractivity contribution is 14.0. The summed E-state index contributed by atoms with van der Waals surface area (Å²) in [5.41, 5.74) is 2.62. The number of aromatic nitrogens is 2. The van der Waals surface area contributed by atoms with Gasteiger partial charge in [0.25, 0.3) is 0 Å². The van der Waals surface area contributed by atoms with Crippen LogP contribution in [0.25, 0.3) is 0 Å². The van der Waals surface area contributed by atoms with Crippen LogP contribution < -0.4 is 10.6 Å². The third kappa shape index (κ3) is 5.28. The SMILES string of the molecule is CCc1ccccc1CNC(=NC)NCc1nc(C)no1.I. The molecule has 0 aliphatic carbocycles. The summed E-state index contributed by atoms with van der Waals surface area (Å²) < 4.78 is 5.05. The normalized spacial score (nSPS) is 11.0. The van der Waals surface area contributed by atoms with Crippen LogP contribution >= 0.6 is 24.0 Å². The van der Waals surface area contributed by atoms with Crippen LogP contribution in [0.5, 0.6) is 0 Å². The van der Waals surface area contributed by atoms with Gasteiger partial charge in [0.2, 0.25) is 5.89 Å². The van der Waals surface area contributed by atoms with Crippen LogP contribution in [0.1, 0.15) is 29.8 Å². The van der Waals surface area contributed by atoms with Gasteiger partial charge in [0.15, 0.2) is 11.8 Å². The van der Waals surface area contributed by atoms with Gasteiger partial charge in [-0.3, -0.25) is 4.99 Å². The predicted octanol–water partition coefficient (Wildman–Crippen LogP) is 2.42. The monoisotopic (exact) mass is 415 g/mol. The average molecular weight is 415 g/mol. The maximum atomic E-state index is 5.05. The highest BCUT2D eigenvalue weighted by atomic mass is 127. The van der Waals surface area contributed by atoms with Crippen molar-refractivity contribution in [3.8, 4) is 0 Å². The quantitative estimate of drug-likeness (QED) is 0.446. The number of rotatable bonds is 5. The molecule has 0 aliphatic heterocycles. The fourth-order valence-corrected chi connectivity index (χ4v) is 2.05. The van der Waals surface area contributed by atoms with Gasteiger partial charge in [-0.1, -0.05) is 36.3 Å². The molecule has 2 rings (SSSR count). The Kier molecular flexibility index (Phi) is 7.86. The number of guanidine groups is 1. The van der Waals surface area contributed by atoms with E-state index < -0.39 is 0 Å². The Hall–Kier alpha value is -1.64. The highest BCUT2D eigenvalue weighted by Gasteiger charge is 2.05. The molecule has 0 radical (unpaired) electrons. The van der Waals surface area contributed by atoms with Gasteiger partial charge in [-0.15, -0.1) is 24.0 Å². The summed E-state index contributed by atoms with van der Waals surface area (Å²) in [6.45, 7) is 5.13. The molecule has 0 fully saturated rings. The standard InChI is InChI=1S/C15H21N5O.HI/c1-4-12-7-5-6-8-13(12)9-17-15(16-3)18-10-14-19-11(2)20-21-14;/h5-8H,4,9-10H2,1-3H3,(H2,16,17,18);1H. The Morgan fingerprint density at radius 2 is 1.86 bits per heavy atom. The number of hydrogen-bond acceptors (Lipinski definition) is 4. The molecule has 120 valence electrons. The minimum absolute atomic E-state index is 0. The van der Waals surface area contributed by atoms with Gasteiger partial charge in [0.05, 0.1) is 6.54 Å². The minimum Gasteiger partial charge on any atom is -0.352 e. The van der Waals surface area contributed by atoms with E-state index in [4.69, 9.17) is 4.52 Å². The second-order valence-electron chi connectivity index (χ2n) is 4.64. The zero-order chi connectivity index (χ0) is 15.1. The number of nitrogens with zero attached hydrogens (tertiary/aromatic N) is 3. The molecule has 2 N–H and O–H groups in total. The summed E-state index contributed by atoms with van der Waals surface area (Å²) in [7, 11) is 1.74. The minimum atomic E-state index is 0. The Morgan fingerprint density at radius 3 is 2.45 bits per heavy atom. The third-order valence-electron chi connectivity index (χ3n) is 3.15. The van der Waals surface area contributed by atoms with Crippen molar-refractivity contribution in [3.05, 3.63) is 47.1 Å². The molecular formula is C15H22IN5O. The molecule has 22 heavy (non-hydrogen) atoms. The zero-order valence-corrected chi connectivity index (χ0v) is 15.4. The molecular weight excluding hydrogens is 393 g/mol. The molecule has 6 nitrogen and oxygen atoms in total. The van der Waals surface area contributed by atoms with Gasteiger partial charge in [-0.05, 0) is 24.5 Å². The van der Waals surface area contributed by atoms with Gasteiger partial charge >= 0.3 is 0 Å². The number of benzene rings is 1. The second kappa shape index (κ2) is 9.39. The lowest BCUT2D eigenvalue weighted by Crippen LogP contribution is -2.36. The summed E-state index contributed by atoms with van der Waals surface area (Å²) in [5.74, 6) is 1.88. The highest BCUT2D eigenvalue weighted by Crippen LogP contribution is 2.08. The molecule has 0 aliphatic rings. The first kappa shape index (κ1) is 18.4. The van der Waals surface area contributed by atoms with Crippen LogP contribution in [0.2, 0.25) is 0 Å². The van der Waals surface area contributed by atoms with E-state index in [1.165, 1.54) is 11.1 Å². The van der Waals surface area contributed by atoms with Crippen LogP contribution in [0, 0.1) is 6.92 Å². The van der Waals surface area contributed by atoms with E-state index in [2.05, 4.69) is 50.9 Å². The van der Waals surface area contributed by atoms with Crippen LogP contribution in [-0.4, -0.2) is 23.1 Å². The molecule has 0 bridgehead atoms. The van der Waals surface area contributed by atoms with E-state index in [-0.39, 0.29) is 24.0 Å². The molecule has 1 aromatic carbocycles. The number of hydrogen-bond donors (Lipinski definition) is 2. The van der Waals surface area contributed by atoms with Crippen LogP contribution in [0.15, 0.2) is 33.8 Å². The maximum Gasteiger partial charge on any atom is 0.246 e. The van der Waals surface area contributed by atoms with Crippen molar-refractivity contribution in [3.63, 3.8) is 0 Å². The van der Waals surface area contributed by atoms with E-state index in [1.54, 1.807) is 14.0 Å². The molecule has 2 aromatic rings. The zero-order valence-electron chi connectivity index (χ0n) is 13.1. The Balaban J connectivity index is 0.00000242. The van der Waals surface area contributed by atoms with Gasteiger partial charge in [0.1, 0.15) is 0 Å². The van der Waals surface area contributed by atoms with Gasteiger partial charge in [0, 0.05) is 13.6 Å². The van der Waals surface area contributed by atoms with Crippen LogP contribution in [0.3, 0.4) is 0 Å². The molecule has 0 spiro atoms. The summed E-state index contributed by atoms with van der Waals surface area (Å²) in [6.07, 6.45) is 1.02. The second-order valence-corrected chi connectivity index (χ2v) is 4.64. The Bertz CT molecular complexity index is 611. The molecule has 0 atom stereocenters. The lowest BCUT2D eigenvalue weighted by atomic mass is 10.1. The first-order chi connectivity index (χ1) is 10.2. The number of aliphatic imine (C=N–C) groups is 1. The van der Waals surface area contributed by atoms with E-state index in [1.807, 2.05) is 6.07 Å². The average Bonchev–Trinajstić information content (AvgIpc) is 2.93. The van der Waals surface area contributed by atoms with E-state index in [0.717, 1.165) is 13.0 Å². The molecule has 0 saturated heterocycles. The van der Waals surface area contributed by atoms with Gasteiger partial charge in [-0.25, -0.2) is 0 Å². The largest absolute Gasteiger partial charge is 0.352 e. The molecule has 0 unspecified atom stereocenters. The van der Waals surface area contributed by atoms with Crippen molar-refractivity contribution in [1.82, 2.24) is 20.8 Å². The van der Waals surface area contributed by atoms with Crippen LogP contribution in [0.4, 0.5) is 0 Å². The lowest BCUT2D eigenvalue weighted by molar-refractivity contribution is 0.371. The van der Waals surface area contributed by atoms with Crippen molar-refractivity contribution < 1.29 is 4.52 Å². The molecule has 0 amide bonds. The van der Waals surface area contributed by atoms with E-state index >= 15 is 0 Å².